The smallest absolute Gasteiger partial charge is 0.316 e. The van der Waals surface area contributed by atoms with Gasteiger partial charge in [0, 0.05) is 16.5 Å². The van der Waals surface area contributed by atoms with Gasteiger partial charge in [-0.25, -0.2) is 0 Å². The van der Waals surface area contributed by atoms with Crippen molar-refractivity contribution >= 4 is 28.6 Å². The van der Waals surface area contributed by atoms with Crippen LogP contribution in [0.2, 0.25) is 0 Å². The van der Waals surface area contributed by atoms with Crippen LogP contribution in [0.15, 0.2) is 35.4 Å². The third-order valence-electron chi connectivity index (χ3n) is 2.51. The van der Waals surface area contributed by atoms with Crippen molar-refractivity contribution in [1.29, 1.82) is 5.26 Å². The first-order valence-electron chi connectivity index (χ1n) is 5.82. The topological polar surface area (TPSA) is 63.0 Å². The first kappa shape index (κ1) is 13.4. The highest BCUT2D eigenvalue weighted by Gasteiger charge is 2.10. The van der Waals surface area contributed by atoms with Crippen LogP contribution in [0.25, 0.3) is 10.9 Å². The zero-order valence-electron chi connectivity index (χ0n) is 10.4. The molecule has 96 valence electrons. The Bertz CT molecular complexity index is 649. The number of pyridine rings is 1. The third kappa shape index (κ3) is 3.04. The molecule has 1 aromatic carbocycles. The highest BCUT2D eigenvalue weighted by molar-refractivity contribution is 8.00. The Morgan fingerprint density at radius 2 is 2.32 bits per heavy atom. The lowest BCUT2D eigenvalue weighted by Crippen LogP contribution is -2.06. The molecule has 0 atom stereocenters. The van der Waals surface area contributed by atoms with Gasteiger partial charge in [0.1, 0.15) is 6.07 Å². The lowest BCUT2D eigenvalue weighted by Gasteiger charge is -2.06. The molecular weight excluding hydrogens is 260 g/mol. The lowest BCUT2D eigenvalue weighted by molar-refractivity contribution is -0.139. The van der Waals surface area contributed by atoms with Gasteiger partial charge in [-0.3, -0.25) is 9.78 Å². The Morgan fingerprint density at radius 1 is 1.47 bits per heavy atom. The largest absolute Gasteiger partial charge is 0.465 e. The minimum Gasteiger partial charge on any atom is -0.465 e. The average Bonchev–Trinajstić information content (AvgIpc) is 2.44. The van der Waals surface area contributed by atoms with Gasteiger partial charge in [0.15, 0.2) is 0 Å². The SMILES string of the molecule is CCOC(=O)CSc1ccc2ncccc2c1C#N. The van der Waals surface area contributed by atoms with Gasteiger partial charge in [0.25, 0.3) is 0 Å². The van der Waals surface area contributed by atoms with Crippen LogP contribution in [-0.4, -0.2) is 23.3 Å². The van der Waals surface area contributed by atoms with Gasteiger partial charge in [0.05, 0.1) is 23.4 Å². The van der Waals surface area contributed by atoms with E-state index in [1.165, 1.54) is 11.8 Å². The van der Waals surface area contributed by atoms with Crippen molar-refractivity contribution in [3.05, 3.63) is 36.0 Å². The molecule has 0 aliphatic carbocycles. The van der Waals surface area contributed by atoms with Crippen molar-refractivity contribution in [2.75, 3.05) is 12.4 Å². The number of fused-ring (bicyclic) bond motifs is 1. The van der Waals surface area contributed by atoms with Gasteiger partial charge in [-0.2, -0.15) is 5.26 Å². The fourth-order valence-electron chi connectivity index (χ4n) is 1.71. The number of nitriles is 1. The second kappa shape index (κ2) is 6.21. The summed E-state index contributed by atoms with van der Waals surface area (Å²) in [5.74, 6) is -0.0726. The van der Waals surface area contributed by atoms with Crippen LogP contribution in [0.5, 0.6) is 0 Å². The lowest BCUT2D eigenvalue weighted by atomic mass is 10.1. The van der Waals surface area contributed by atoms with Crippen LogP contribution in [-0.2, 0) is 9.53 Å². The molecule has 5 heteroatoms. The normalized spacial score (nSPS) is 10.1. The minimum atomic E-state index is -0.275. The summed E-state index contributed by atoms with van der Waals surface area (Å²) in [7, 11) is 0. The van der Waals surface area contributed by atoms with E-state index in [0.717, 1.165) is 15.8 Å². The van der Waals surface area contributed by atoms with Crippen LogP contribution in [0.3, 0.4) is 0 Å². The molecule has 2 rings (SSSR count). The predicted molar refractivity (Wildman–Crippen MR) is 73.8 cm³/mol. The summed E-state index contributed by atoms with van der Waals surface area (Å²) < 4.78 is 4.87. The number of nitrogens with zero attached hydrogens (tertiary/aromatic N) is 2. The number of benzene rings is 1. The molecule has 19 heavy (non-hydrogen) atoms. The highest BCUT2D eigenvalue weighted by atomic mass is 32.2. The molecule has 0 radical (unpaired) electrons. The summed E-state index contributed by atoms with van der Waals surface area (Å²) in [5, 5.41) is 10.1. The van der Waals surface area contributed by atoms with E-state index >= 15 is 0 Å². The summed E-state index contributed by atoms with van der Waals surface area (Å²) in [4.78, 5) is 16.3. The molecule has 0 saturated heterocycles. The van der Waals surface area contributed by atoms with E-state index in [1.54, 1.807) is 19.2 Å². The van der Waals surface area contributed by atoms with Gasteiger partial charge in [-0.05, 0) is 31.2 Å². The summed E-state index contributed by atoms with van der Waals surface area (Å²) in [6.45, 7) is 2.14. The van der Waals surface area contributed by atoms with E-state index in [1.807, 2.05) is 18.2 Å². The maximum Gasteiger partial charge on any atom is 0.316 e. The molecule has 0 fully saturated rings. The van der Waals surface area contributed by atoms with Crippen LogP contribution < -0.4 is 0 Å². The zero-order chi connectivity index (χ0) is 13.7. The summed E-state index contributed by atoms with van der Waals surface area (Å²) in [5.41, 5.74) is 1.33. The number of hydrogen-bond acceptors (Lipinski definition) is 5. The van der Waals surface area contributed by atoms with E-state index in [2.05, 4.69) is 11.1 Å². The van der Waals surface area contributed by atoms with E-state index in [4.69, 9.17) is 4.74 Å². The molecule has 1 heterocycles. The molecule has 4 nitrogen and oxygen atoms in total. The minimum absolute atomic E-state index is 0.203. The molecule has 0 aliphatic heterocycles. The first-order valence-corrected chi connectivity index (χ1v) is 6.81. The average molecular weight is 272 g/mol. The van der Waals surface area contributed by atoms with Crippen molar-refractivity contribution in [3.63, 3.8) is 0 Å². The number of aromatic nitrogens is 1. The number of hydrogen-bond donors (Lipinski definition) is 0. The standard InChI is InChI=1S/C14H12N2O2S/c1-2-18-14(17)9-19-13-6-5-12-10(11(13)8-15)4-3-7-16-12/h3-7H,2,9H2,1H3. The van der Waals surface area contributed by atoms with Crippen LogP contribution in [0, 0.1) is 11.3 Å². The van der Waals surface area contributed by atoms with Crippen molar-refractivity contribution in [3.8, 4) is 6.07 Å². The number of carbonyl (C=O) groups excluding carboxylic acids is 1. The summed E-state index contributed by atoms with van der Waals surface area (Å²) >= 11 is 1.31. The van der Waals surface area contributed by atoms with Gasteiger partial charge in [-0.15, -0.1) is 11.8 Å². The molecule has 0 bridgehead atoms. The molecule has 0 unspecified atom stereocenters. The second-order valence-corrected chi connectivity index (χ2v) is 4.73. The van der Waals surface area contributed by atoms with Crippen LogP contribution in [0.1, 0.15) is 12.5 Å². The van der Waals surface area contributed by atoms with E-state index in [-0.39, 0.29) is 11.7 Å². The maximum absolute atomic E-state index is 11.3. The third-order valence-corrected chi connectivity index (χ3v) is 3.54. The zero-order valence-corrected chi connectivity index (χ0v) is 11.2. The van der Waals surface area contributed by atoms with Crippen LogP contribution >= 0.6 is 11.8 Å². The summed E-state index contributed by atoms with van der Waals surface area (Å²) in [6, 6.07) is 9.50. The Kier molecular flexibility index (Phi) is 4.37. The number of esters is 1. The van der Waals surface area contributed by atoms with Gasteiger partial charge < -0.3 is 4.74 Å². The number of ether oxygens (including phenoxy) is 1. The molecule has 0 aliphatic rings. The van der Waals surface area contributed by atoms with Gasteiger partial charge in [0.2, 0.25) is 0 Å². The van der Waals surface area contributed by atoms with E-state index in [9.17, 15) is 10.1 Å². The number of thioether (sulfide) groups is 1. The quantitative estimate of drug-likeness (QED) is 0.632. The molecule has 2 aromatic rings. The summed E-state index contributed by atoms with van der Waals surface area (Å²) in [6.07, 6.45) is 1.69. The Morgan fingerprint density at radius 3 is 3.05 bits per heavy atom. The number of carbonyl (C=O) groups is 1. The maximum atomic E-state index is 11.3. The first-order chi connectivity index (χ1) is 9.26. The molecule has 0 saturated carbocycles. The van der Waals surface area contributed by atoms with E-state index in [0.29, 0.717) is 12.2 Å². The Balaban J connectivity index is 2.29. The molecule has 0 spiro atoms. The van der Waals surface area contributed by atoms with Crippen molar-refractivity contribution < 1.29 is 9.53 Å². The fraction of sp³-hybridized carbons (Fsp3) is 0.214. The molecular formula is C14H12N2O2S. The number of rotatable bonds is 4. The molecule has 1 aromatic heterocycles. The van der Waals surface area contributed by atoms with Crippen molar-refractivity contribution in [2.45, 2.75) is 11.8 Å². The fourth-order valence-corrected chi connectivity index (χ4v) is 2.53. The van der Waals surface area contributed by atoms with Gasteiger partial charge >= 0.3 is 5.97 Å². The monoisotopic (exact) mass is 272 g/mol. The van der Waals surface area contributed by atoms with Crippen molar-refractivity contribution in [2.24, 2.45) is 0 Å². The predicted octanol–water partition coefficient (Wildman–Crippen LogP) is 2.76. The van der Waals surface area contributed by atoms with Crippen molar-refractivity contribution in [1.82, 2.24) is 4.98 Å². The van der Waals surface area contributed by atoms with E-state index < -0.39 is 0 Å². The molecule has 0 amide bonds. The Labute approximate surface area is 115 Å². The second-order valence-electron chi connectivity index (χ2n) is 3.71. The van der Waals surface area contributed by atoms with Gasteiger partial charge in [-0.1, -0.05) is 0 Å². The Hall–Kier alpha value is -2.06. The molecule has 0 N–H and O–H groups in total. The van der Waals surface area contributed by atoms with Crippen LogP contribution in [0.4, 0.5) is 0 Å². The highest BCUT2D eigenvalue weighted by Crippen LogP contribution is 2.28.